The van der Waals surface area contributed by atoms with Crippen LogP contribution in [0.15, 0.2) is 69.8 Å². The third-order valence-corrected chi connectivity index (χ3v) is 5.33. The molecule has 0 aromatic heterocycles. The average molecular weight is 535 g/mol. The number of unbranched alkanes of at least 4 members (excludes halogenated alkanes) is 1. The minimum absolute atomic E-state index is 0.0923. The number of hydrogen-bond acceptors (Lipinski definition) is 8. The molecule has 0 saturated heterocycles. The molecule has 0 unspecified atom stereocenters. The fraction of sp³-hybridized carbons (Fsp3) is 0.357. The second kappa shape index (κ2) is 19.8. The SMILES string of the molecule is CC.CC.CCCC.NCCOc1ccc(/C=C2\SC(=Nc3ccccc3)C(C(=O)OF)=C2O)cc1O. The molecule has 0 aliphatic carbocycles. The Labute approximate surface area is 223 Å². The molecule has 3 rings (SSSR count). The number of hydrogen-bond donors (Lipinski definition) is 3. The van der Waals surface area contributed by atoms with Gasteiger partial charge in [-0.15, -0.1) is 0 Å². The molecule has 7 nitrogen and oxygen atoms in total. The van der Waals surface area contributed by atoms with Crippen molar-refractivity contribution in [2.75, 3.05) is 13.2 Å². The van der Waals surface area contributed by atoms with E-state index in [9.17, 15) is 19.5 Å². The predicted molar refractivity (Wildman–Crippen MR) is 152 cm³/mol. The molecule has 2 aromatic carbocycles. The smallest absolute Gasteiger partial charge is 0.386 e. The Balaban J connectivity index is 0.00000145. The second-order valence-electron chi connectivity index (χ2n) is 6.82. The van der Waals surface area contributed by atoms with Crippen LogP contribution in [0.5, 0.6) is 11.5 Å². The average Bonchev–Trinajstić information content (AvgIpc) is 3.24. The molecule has 0 bridgehead atoms. The van der Waals surface area contributed by atoms with E-state index in [2.05, 4.69) is 23.8 Å². The maximum absolute atomic E-state index is 12.5. The van der Waals surface area contributed by atoms with Crippen LogP contribution < -0.4 is 10.5 Å². The summed E-state index contributed by atoms with van der Waals surface area (Å²) in [5.74, 6) is -1.65. The fourth-order valence-electron chi connectivity index (χ4n) is 2.51. The van der Waals surface area contributed by atoms with E-state index in [0.29, 0.717) is 17.8 Å². The van der Waals surface area contributed by atoms with Crippen LogP contribution in [-0.4, -0.2) is 34.4 Å². The van der Waals surface area contributed by atoms with Crippen molar-refractivity contribution in [1.29, 1.82) is 0 Å². The Morgan fingerprint density at radius 2 is 1.68 bits per heavy atom. The van der Waals surface area contributed by atoms with Crippen LogP contribution in [0.4, 0.5) is 10.2 Å². The second-order valence-corrected chi connectivity index (χ2v) is 7.85. The van der Waals surface area contributed by atoms with Crippen LogP contribution in [0, 0.1) is 0 Å². The normalized spacial score (nSPS) is 14.1. The molecule has 2 aromatic rings. The molecule has 0 amide bonds. The van der Waals surface area contributed by atoms with Crippen LogP contribution in [0.3, 0.4) is 0 Å². The molecule has 204 valence electrons. The van der Waals surface area contributed by atoms with E-state index in [1.807, 2.05) is 27.7 Å². The molecule has 37 heavy (non-hydrogen) atoms. The van der Waals surface area contributed by atoms with Crippen LogP contribution in [-0.2, 0) is 9.74 Å². The number of nitrogens with zero attached hydrogens (tertiary/aromatic N) is 1. The maximum atomic E-state index is 12.5. The molecule has 0 spiro atoms. The van der Waals surface area contributed by atoms with E-state index < -0.39 is 11.7 Å². The largest absolute Gasteiger partial charge is 0.506 e. The Morgan fingerprint density at radius 1 is 1.05 bits per heavy atom. The molecule has 4 N–H and O–H groups in total. The number of phenolic OH excluding ortho intramolecular Hbond substituents is 1. The minimum atomic E-state index is -1.35. The number of phenols is 1. The molecule has 0 fully saturated rings. The highest BCUT2D eigenvalue weighted by atomic mass is 32.2. The Kier molecular flexibility index (Phi) is 18.1. The number of aliphatic imine (C=N–C) groups is 1. The van der Waals surface area contributed by atoms with E-state index in [1.54, 1.807) is 42.5 Å². The van der Waals surface area contributed by atoms with Crippen LogP contribution in [0.25, 0.3) is 6.08 Å². The molecule has 1 heterocycles. The van der Waals surface area contributed by atoms with Crippen molar-refractivity contribution in [3.05, 3.63) is 70.3 Å². The van der Waals surface area contributed by atoms with Gasteiger partial charge in [-0.3, -0.25) is 0 Å². The summed E-state index contributed by atoms with van der Waals surface area (Å²) in [4.78, 5) is 19.7. The number of carbonyl (C=O) groups is 1. The van der Waals surface area contributed by atoms with Crippen molar-refractivity contribution in [3.8, 4) is 11.5 Å². The zero-order valence-corrected chi connectivity index (χ0v) is 23.3. The Bertz CT molecular complexity index is 1040. The van der Waals surface area contributed by atoms with Gasteiger partial charge in [-0.2, -0.15) is 0 Å². The summed E-state index contributed by atoms with van der Waals surface area (Å²) in [5, 5.41) is 20.6. The van der Waals surface area contributed by atoms with Gasteiger partial charge in [-0.25, -0.2) is 14.7 Å². The molecule has 9 heteroatoms. The highest BCUT2D eigenvalue weighted by molar-refractivity contribution is 8.18. The van der Waals surface area contributed by atoms with E-state index in [4.69, 9.17) is 10.5 Å². The third kappa shape index (κ3) is 11.1. The number of nitrogens with two attached hydrogens (primary N) is 1. The van der Waals surface area contributed by atoms with Gasteiger partial charge in [0.1, 0.15) is 23.0 Å². The lowest BCUT2D eigenvalue weighted by Gasteiger charge is -2.07. The number of rotatable bonds is 7. The number of benzene rings is 2. The van der Waals surface area contributed by atoms with Crippen LogP contribution in [0.2, 0.25) is 0 Å². The lowest BCUT2D eigenvalue weighted by molar-refractivity contribution is -0.177. The monoisotopic (exact) mass is 534 g/mol. The number of aliphatic hydroxyl groups is 1. The number of aliphatic hydroxyl groups excluding tert-OH is 1. The van der Waals surface area contributed by atoms with Crippen LogP contribution >= 0.6 is 11.8 Å². The topological polar surface area (TPSA) is 114 Å². The highest BCUT2D eigenvalue weighted by Crippen LogP contribution is 2.40. The Hall–Kier alpha value is -3.30. The predicted octanol–water partition coefficient (Wildman–Crippen LogP) is 7.65. The first-order valence-electron chi connectivity index (χ1n) is 12.4. The van der Waals surface area contributed by atoms with Gasteiger partial charge in [-0.05, 0) is 35.9 Å². The van der Waals surface area contributed by atoms with Crippen molar-refractivity contribution in [1.82, 2.24) is 0 Å². The summed E-state index contributed by atoms with van der Waals surface area (Å²) in [5.41, 5.74) is 6.03. The number of para-hydroxylation sites is 1. The van der Waals surface area contributed by atoms with E-state index >= 15 is 0 Å². The standard InChI is InChI=1S/C20H17FN2O5S.C4H10.2C2H6/c21-28-20(26)17-18(25)16(29-19(17)23-13-4-2-1-3-5-13)11-12-6-7-15(14(24)10-12)27-9-8-22;1-3-4-2;2*1-2/h1-7,10-11,24-25H,8-9,22H2;3-4H2,1-2H3;2*1-2H3/b16-11-,23-19?;;;. The van der Waals surface area contributed by atoms with Crippen molar-refractivity contribution in [2.45, 2.75) is 54.4 Å². The number of aromatic hydroxyl groups is 1. The van der Waals surface area contributed by atoms with Gasteiger partial charge in [0, 0.05) is 11.1 Å². The van der Waals surface area contributed by atoms with E-state index in [1.165, 1.54) is 25.0 Å². The first-order chi connectivity index (χ1) is 17.9. The Morgan fingerprint density at radius 3 is 2.19 bits per heavy atom. The minimum Gasteiger partial charge on any atom is -0.506 e. The number of thioether (sulfide) groups is 1. The van der Waals surface area contributed by atoms with Gasteiger partial charge >= 0.3 is 5.97 Å². The summed E-state index contributed by atoms with van der Waals surface area (Å²) >= 11 is 0.974. The first-order valence-corrected chi connectivity index (χ1v) is 13.2. The van der Waals surface area contributed by atoms with Crippen molar-refractivity contribution < 1.29 is 29.2 Å². The van der Waals surface area contributed by atoms with Gasteiger partial charge in [-0.1, -0.05) is 90.4 Å². The van der Waals surface area contributed by atoms with Gasteiger partial charge in [0.05, 0.1) is 10.6 Å². The highest BCUT2D eigenvalue weighted by Gasteiger charge is 2.34. The molecule has 0 saturated carbocycles. The molecule has 0 radical (unpaired) electrons. The lowest BCUT2D eigenvalue weighted by Crippen LogP contribution is -2.10. The van der Waals surface area contributed by atoms with E-state index in [-0.39, 0.29) is 33.6 Å². The first kappa shape index (κ1) is 33.7. The summed E-state index contributed by atoms with van der Waals surface area (Å²) in [6.07, 6.45) is 4.16. The van der Waals surface area contributed by atoms with E-state index in [0.717, 1.165) is 11.8 Å². The maximum Gasteiger partial charge on any atom is 0.386 e. The molecular weight excluding hydrogens is 495 g/mol. The zero-order chi connectivity index (χ0) is 28.2. The molecular formula is C28H39FN2O5S. The van der Waals surface area contributed by atoms with Crippen molar-refractivity contribution in [2.24, 2.45) is 10.7 Å². The fourth-order valence-corrected chi connectivity index (χ4v) is 3.55. The van der Waals surface area contributed by atoms with Crippen molar-refractivity contribution in [3.63, 3.8) is 0 Å². The molecule has 0 atom stereocenters. The summed E-state index contributed by atoms with van der Waals surface area (Å²) in [6, 6.07) is 13.3. The lowest BCUT2D eigenvalue weighted by atomic mass is 10.1. The molecule has 1 aliphatic rings. The van der Waals surface area contributed by atoms with Crippen LogP contribution in [0.1, 0.15) is 59.9 Å². The zero-order valence-electron chi connectivity index (χ0n) is 22.5. The summed E-state index contributed by atoms with van der Waals surface area (Å²) in [6.45, 7) is 12.9. The third-order valence-electron chi connectivity index (χ3n) is 4.31. The summed E-state index contributed by atoms with van der Waals surface area (Å²) in [7, 11) is 0. The number of ether oxygens (including phenoxy) is 1. The van der Waals surface area contributed by atoms with Gasteiger partial charge in [0.2, 0.25) is 0 Å². The van der Waals surface area contributed by atoms with Gasteiger partial charge in [0.25, 0.3) is 0 Å². The number of carbonyl (C=O) groups excluding carboxylic acids is 1. The quantitative estimate of drug-likeness (QED) is 0.334. The number of halogens is 1. The van der Waals surface area contributed by atoms with Crippen molar-refractivity contribution >= 4 is 34.5 Å². The van der Waals surface area contributed by atoms with Gasteiger partial charge in [0.15, 0.2) is 11.5 Å². The van der Waals surface area contributed by atoms with Gasteiger partial charge < -0.3 is 20.7 Å². The summed E-state index contributed by atoms with van der Waals surface area (Å²) < 4.78 is 17.8. The molecule has 1 aliphatic heterocycles.